The molecule has 0 bridgehead atoms. The van der Waals surface area contributed by atoms with E-state index in [1.807, 2.05) is 0 Å². The van der Waals surface area contributed by atoms with Gasteiger partial charge in [-0.05, 0) is 19.3 Å². The quantitative estimate of drug-likeness (QED) is 0.386. The van der Waals surface area contributed by atoms with E-state index < -0.39 is 41.6 Å². The van der Waals surface area contributed by atoms with E-state index in [0.29, 0.717) is 6.42 Å². The van der Waals surface area contributed by atoms with Crippen LogP contribution in [0.4, 0.5) is 0 Å². The number of allylic oxidation sites excluding steroid dienone is 1. The highest BCUT2D eigenvalue weighted by atomic mass is 16.6. The molecule has 3 rings (SSSR count). The Morgan fingerprint density at radius 1 is 1.00 bits per heavy atom. The van der Waals surface area contributed by atoms with Gasteiger partial charge in [0.05, 0.1) is 24.2 Å². The third-order valence-electron chi connectivity index (χ3n) is 4.07. The lowest BCUT2D eigenvalue weighted by Gasteiger charge is -2.27. The first-order chi connectivity index (χ1) is 8.97. The molecule has 0 radical (unpaired) electrons. The van der Waals surface area contributed by atoms with Gasteiger partial charge in [-0.3, -0.25) is 19.2 Å². The molecular formula is C13H12O6. The smallest absolute Gasteiger partial charge is 0.321 e. The van der Waals surface area contributed by atoms with Crippen molar-refractivity contribution in [1.29, 1.82) is 0 Å². The van der Waals surface area contributed by atoms with Gasteiger partial charge >= 0.3 is 23.9 Å². The van der Waals surface area contributed by atoms with Crippen molar-refractivity contribution in [3.63, 3.8) is 0 Å². The normalized spacial score (nSPS) is 37.8. The molecule has 2 saturated heterocycles. The number of carbonyl (C=O) groups excluding carboxylic acids is 4. The predicted molar refractivity (Wildman–Crippen MR) is 59.1 cm³/mol. The molecule has 0 unspecified atom stereocenters. The SMILES string of the molecule is CC1=C[C@H]([C@H]2CC(=O)OC2=O)C[C@@H]2C(=O)OC(=O)[C@@H]12. The molecule has 2 heterocycles. The number of esters is 4. The van der Waals surface area contributed by atoms with Gasteiger partial charge in [-0.1, -0.05) is 11.6 Å². The molecule has 19 heavy (non-hydrogen) atoms. The molecule has 6 nitrogen and oxygen atoms in total. The molecular weight excluding hydrogens is 252 g/mol. The van der Waals surface area contributed by atoms with Crippen LogP contribution in [0, 0.1) is 23.7 Å². The summed E-state index contributed by atoms with van der Waals surface area (Å²) in [5.74, 6) is -4.01. The molecule has 1 aliphatic carbocycles. The summed E-state index contributed by atoms with van der Waals surface area (Å²) in [6, 6.07) is 0. The number of rotatable bonds is 1. The summed E-state index contributed by atoms with van der Waals surface area (Å²) in [6.07, 6.45) is 2.18. The molecule has 0 saturated carbocycles. The molecule has 6 heteroatoms. The Kier molecular flexibility index (Phi) is 2.55. The number of hydrogen-bond acceptors (Lipinski definition) is 6. The Morgan fingerprint density at radius 2 is 1.68 bits per heavy atom. The topological polar surface area (TPSA) is 86.7 Å². The van der Waals surface area contributed by atoms with Crippen LogP contribution in [-0.2, 0) is 28.7 Å². The lowest BCUT2D eigenvalue weighted by atomic mass is 9.72. The van der Waals surface area contributed by atoms with Crippen molar-refractivity contribution in [3.8, 4) is 0 Å². The first kappa shape index (κ1) is 12.1. The Hall–Kier alpha value is -1.98. The average Bonchev–Trinajstić information content (AvgIpc) is 2.80. The average molecular weight is 264 g/mol. The Bertz CT molecular complexity index is 531. The molecule has 0 spiro atoms. The number of hydrogen-bond donors (Lipinski definition) is 0. The second kappa shape index (κ2) is 4.01. The maximum Gasteiger partial charge on any atom is 0.321 e. The van der Waals surface area contributed by atoms with Crippen LogP contribution in [0.2, 0.25) is 0 Å². The van der Waals surface area contributed by atoms with Crippen molar-refractivity contribution in [2.24, 2.45) is 23.7 Å². The van der Waals surface area contributed by atoms with Crippen LogP contribution in [0.5, 0.6) is 0 Å². The van der Waals surface area contributed by atoms with Crippen LogP contribution < -0.4 is 0 Å². The Morgan fingerprint density at radius 3 is 2.32 bits per heavy atom. The van der Waals surface area contributed by atoms with Crippen molar-refractivity contribution in [2.75, 3.05) is 0 Å². The molecule has 4 atom stereocenters. The second-order valence-corrected chi connectivity index (χ2v) is 5.24. The standard InChI is InChI=1S/C13H12O6/c1-5-2-6(7-4-9(14)18-11(7)15)3-8-10(5)13(17)19-12(8)16/h2,6-8,10H,3-4H2,1H3/t6-,7+,8-,10-/m0/s1. The summed E-state index contributed by atoms with van der Waals surface area (Å²) in [7, 11) is 0. The zero-order valence-corrected chi connectivity index (χ0v) is 10.3. The fraction of sp³-hybridized carbons (Fsp3) is 0.538. The summed E-state index contributed by atoms with van der Waals surface area (Å²) in [5, 5.41) is 0. The highest BCUT2D eigenvalue weighted by Crippen LogP contribution is 2.43. The van der Waals surface area contributed by atoms with Crippen LogP contribution in [0.1, 0.15) is 19.8 Å². The Balaban J connectivity index is 1.89. The molecule has 0 aromatic rings. The third-order valence-corrected chi connectivity index (χ3v) is 4.07. The fourth-order valence-corrected chi connectivity index (χ4v) is 3.18. The predicted octanol–water partition coefficient (Wildman–Crippen LogP) is 0.358. The molecule has 0 aromatic heterocycles. The van der Waals surface area contributed by atoms with Gasteiger partial charge in [0.15, 0.2) is 0 Å². The van der Waals surface area contributed by atoms with Gasteiger partial charge < -0.3 is 9.47 Å². The first-order valence-electron chi connectivity index (χ1n) is 6.15. The summed E-state index contributed by atoms with van der Waals surface area (Å²) >= 11 is 0. The van der Waals surface area contributed by atoms with Crippen LogP contribution in [0.3, 0.4) is 0 Å². The minimum Gasteiger partial charge on any atom is -0.393 e. The lowest BCUT2D eigenvalue weighted by Crippen LogP contribution is -2.31. The number of cyclic esters (lactones) is 4. The van der Waals surface area contributed by atoms with Gasteiger partial charge in [-0.25, -0.2) is 0 Å². The molecule has 0 amide bonds. The van der Waals surface area contributed by atoms with Crippen LogP contribution in [-0.4, -0.2) is 23.9 Å². The van der Waals surface area contributed by atoms with E-state index in [1.54, 1.807) is 13.0 Å². The van der Waals surface area contributed by atoms with E-state index >= 15 is 0 Å². The van der Waals surface area contributed by atoms with Gasteiger partial charge in [0.25, 0.3) is 0 Å². The molecule has 2 fully saturated rings. The van der Waals surface area contributed by atoms with E-state index in [9.17, 15) is 19.2 Å². The zero-order valence-electron chi connectivity index (χ0n) is 10.3. The van der Waals surface area contributed by atoms with E-state index in [-0.39, 0.29) is 12.3 Å². The van der Waals surface area contributed by atoms with Crippen LogP contribution >= 0.6 is 0 Å². The molecule has 2 aliphatic heterocycles. The summed E-state index contributed by atoms with van der Waals surface area (Å²) in [6.45, 7) is 1.74. The highest BCUT2D eigenvalue weighted by molar-refractivity contribution is 5.99. The summed E-state index contributed by atoms with van der Waals surface area (Å²) < 4.78 is 9.17. The number of fused-ring (bicyclic) bond motifs is 1. The number of ether oxygens (including phenoxy) is 2. The van der Waals surface area contributed by atoms with Gasteiger partial charge in [-0.15, -0.1) is 0 Å². The zero-order chi connectivity index (χ0) is 13.7. The minimum absolute atomic E-state index is 0.0354. The maximum atomic E-state index is 11.6. The molecule has 3 aliphatic rings. The van der Waals surface area contributed by atoms with Crippen molar-refractivity contribution in [2.45, 2.75) is 19.8 Å². The van der Waals surface area contributed by atoms with Crippen molar-refractivity contribution in [3.05, 3.63) is 11.6 Å². The molecule has 0 N–H and O–H groups in total. The minimum atomic E-state index is -0.549. The lowest BCUT2D eigenvalue weighted by molar-refractivity contribution is -0.155. The summed E-state index contributed by atoms with van der Waals surface area (Å²) in [4.78, 5) is 45.9. The number of carbonyl (C=O) groups is 4. The van der Waals surface area contributed by atoms with E-state index in [4.69, 9.17) is 0 Å². The highest BCUT2D eigenvalue weighted by Gasteiger charge is 2.51. The van der Waals surface area contributed by atoms with Crippen LogP contribution in [0.15, 0.2) is 11.6 Å². The van der Waals surface area contributed by atoms with E-state index in [2.05, 4.69) is 9.47 Å². The maximum absolute atomic E-state index is 11.6. The summed E-state index contributed by atoms with van der Waals surface area (Å²) in [5.41, 5.74) is 0.726. The van der Waals surface area contributed by atoms with Gasteiger partial charge in [0.2, 0.25) is 0 Å². The first-order valence-corrected chi connectivity index (χ1v) is 6.15. The van der Waals surface area contributed by atoms with Crippen molar-refractivity contribution >= 4 is 23.9 Å². The second-order valence-electron chi connectivity index (χ2n) is 5.24. The molecule has 0 aromatic carbocycles. The third kappa shape index (κ3) is 1.78. The van der Waals surface area contributed by atoms with E-state index in [1.165, 1.54) is 0 Å². The van der Waals surface area contributed by atoms with Gasteiger partial charge in [-0.2, -0.15) is 0 Å². The van der Waals surface area contributed by atoms with Crippen molar-refractivity contribution < 1.29 is 28.7 Å². The molecule has 100 valence electrons. The monoisotopic (exact) mass is 264 g/mol. The van der Waals surface area contributed by atoms with Gasteiger partial charge in [0, 0.05) is 0 Å². The van der Waals surface area contributed by atoms with Crippen LogP contribution in [0.25, 0.3) is 0 Å². The largest absolute Gasteiger partial charge is 0.393 e. The van der Waals surface area contributed by atoms with Crippen molar-refractivity contribution in [1.82, 2.24) is 0 Å². The van der Waals surface area contributed by atoms with Gasteiger partial charge in [0.1, 0.15) is 0 Å². The van der Waals surface area contributed by atoms with E-state index in [0.717, 1.165) is 5.57 Å². The fourth-order valence-electron chi connectivity index (χ4n) is 3.18. The Labute approximate surface area is 108 Å².